The van der Waals surface area contributed by atoms with E-state index >= 15 is 0 Å². The van der Waals surface area contributed by atoms with Crippen LogP contribution in [0.4, 0.5) is 10.1 Å². The molecule has 2 amide bonds. The molecule has 1 N–H and O–H groups in total. The van der Waals surface area contributed by atoms with Crippen molar-refractivity contribution in [2.45, 2.75) is 44.7 Å². The Hall–Kier alpha value is -4.12. The normalized spacial score (nSPS) is 11.9. The molecule has 11 heteroatoms. The lowest BCUT2D eigenvalue weighted by Crippen LogP contribution is -2.51. The Morgan fingerprint density at radius 3 is 2.24 bits per heavy atom. The lowest BCUT2D eigenvalue weighted by molar-refractivity contribution is -0.139. The molecule has 3 aromatic rings. The Morgan fingerprint density at radius 1 is 0.976 bits per heavy atom. The van der Waals surface area contributed by atoms with Crippen molar-refractivity contribution in [3.63, 3.8) is 0 Å². The van der Waals surface area contributed by atoms with E-state index in [0.29, 0.717) is 18.7 Å². The second-order valence-electron chi connectivity index (χ2n) is 9.44. The van der Waals surface area contributed by atoms with E-state index in [1.54, 1.807) is 30.3 Å². The summed E-state index contributed by atoms with van der Waals surface area (Å²) in [5, 5.41) is 2.75. The van der Waals surface area contributed by atoms with Gasteiger partial charge in [-0.05, 0) is 50.6 Å². The number of halogens is 1. The molecule has 0 saturated carbocycles. The summed E-state index contributed by atoms with van der Waals surface area (Å²) in [5.41, 5.74) is 1.33. The van der Waals surface area contributed by atoms with Crippen LogP contribution in [0, 0.1) is 12.7 Å². The van der Waals surface area contributed by atoms with Gasteiger partial charge in [0.05, 0.1) is 24.8 Å². The number of amides is 2. The first kappa shape index (κ1) is 31.4. The number of nitrogens with one attached hydrogen (secondary N) is 1. The molecule has 3 aromatic carbocycles. The average molecular weight is 586 g/mol. The van der Waals surface area contributed by atoms with Crippen LogP contribution in [0.5, 0.6) is 11.5 Å². The van der Waals surface area contributed by atoms with Gasteiger partial charge in [-0.3, -0.25) is 13.9 Å². The topological polar surface area (TPSA) is 105 Å². The number of hydrogen-bond donors (Lipinski definition) is 1. The highest BCUT2D eigenvalue weighted by Crippen LogP contribution is 2.32. The number of carbonyl (C=O) groups excluding carboxylic acids is 2. The zero-order chi connectivity index (χ0) is 30.2. The summed E-state index contributed by atoms with van der Waals surface area (Å²) < 4.78 is 54.2. The molecule has 1 unspecified atom stereocenters. The lowest BCUT2D eigenvalue weighted by atomic mass is 10.1. The predicted molar refractivity (Wildman–Crippen MR) is 155 cm³/mol. The molecule has 0 aromatic heterocycles. The van der Waals surface area contributed by atoms with Crippen LogP contribution < -0.4 is 19.1 Å². The predicted octanol–water partition coefficient (Wildman–Crippen LogP) is 4.29. The minimum Gasteiger partial charge on any atom is -0.493 e. The molecule has 220 valence electrons. The Kier molecular flexibility index (Phi) is 10.7. The van der Waals surface area contributed by atoms with Crippen LogP contribution in [0.15, 0.2) is 71.6 Å². The number of sulfonamides is 1. The van der Waals surface area contributed by atoms with Crippen molar-refractivity contribution in [1.29, 1.82) is 0 Å². The lowest BCUT2D eigenvalue weighted by Gasteiger charge is -2.32. The summed E-state index contributed by atoms with van der Waals surface area (Å²) in [6.45, 7) is 4.81. The third-order valence-corrected chi connectivity index (χ3v) is 8.33. The molecular formula is C30H36FN3O6S. The van der Waals surface area contributed by atoms with Gasteiger partial charge < -0.3 is 19.7 Å². The van der Waals surface area contributed by atoms with Crippen LogP contribution >= 0.6 is 0 Å². The standard InChI is InChI=1S/C30H36FN3O6S/c1-6-17-32-30(36)22(3)33(19-23-9-7-8-10-26(23)31)29(35)20-34(24-13-11-21(2)12-14-24)41(37,38)25-15-16-27(39-4)28(18-25)40-5/h7-16,18,22H,6,17,19-20H2,1-5H3,(H,32,36). The molecule has 0 saturated heterocycles. The maximum Gasteiger partial charge on any atom is 0.264 e. The number of anilines is 1. The fraction of sp³-hybridized carbons (Fsp3) is 0.333. The van der Waals surface area contributed by atoms with E-state index in [-0.39, 0.29) is 28.4 Å². The zero-order valence-electron chi connectivity index (χ0n) is 23.9. The zero-order valence-corrected chi connectivity index (χ0v) is 24.7. The summed E-state index contributed by atoms with van der Waals surface area (Å²) in [7, 11) is -1.49. The maximum atomic E-state index is 14.6. The first-order valence-corrected chi connectivity index (χ1v) is 14.6. The fourth-order valence-corrected chi connectivity index (χ4v) is 5.56. The van der Waals surface area contributed by atoms with E-state index in [0.717, 1.165) is 9.87 Å². The Morgan fingerprint density at radius 2 is 1.63 bits per heavy atom. The van der Waals surface area contributed by atoms with Crippen molar-refractivity contribution in [3.05, 3.63) is 83.7 Å². The second-order valence-corrected chi connectivity index (χ2v) is 11.3. The van der Waals surface area contributed by atoms with Crippen molar-refractivity contribution in [3.8, 4) is 11.5 Å². The molecule has 1 atom stereocenters. The van der Waals surface area contributed by atoms with Gasteiger partial charge in [0.25, 0.3) is 10.0 Å². The van der Waals surface area contributed by atoms with Crippen LogP contribution in [0.3, 0.4) is 0 Å². The number of benzene rings is 3. The smallest absolute Gasteiger partial charge is 0.264 e. The van der Waals surface area contributed by atoms with E-state index in [1.165, 1.54) is 62.4 Å². The van der Waals surface area contributed by atoms with Gasteiger partial charge in [0.1, 0.15) is 18.4 Å². The van der Waals surface area contributed by atoms with Crippen LogP contribution in [0.2, 0.25) is 0 Å². The third-order valence-electron chi connectivity index (χ3n) is 6.56. The fourth-order valence-electron chi connectivity index (χ4n) is 4.13. The summed E-state index contributed by atoms with van der Waals surface area (Å²) in [6.07, 6.45) is 0.685. The summed E-state index contributed by atoms with van der Waals surface area (Å²) >= 11 is 0. The van der Waals surface area contributed by atoms with Crippen LogP contribution in [0.1, 0.15) is 31.4 Å². The number of ether oxygens (including phenoxy) is 2. The highest BCUT2D eigenvalue weighted by atomic mass is 32.2. The molecule has 3 rings (SSSR count). The van der Waals surface area contributed by atoms with Gasteiger partial charge in [0.2, 0.25) is 11.8 Å². The highest BCUT2D eigenvalue weighted by Gasteiger charge is 2.33. The van der Waals surface area contributed by atoms with E-state index in [9.17, 15) is 22.4 Å². The molecule has 0 aliphatic rings. The number of aryl methyl sites for hydroxylation is 1. The van der Waals surface area contributed by atoms with Crippen LogP contribution in [-0.2, 0) is 26.2 Å². The van der Waals surface area contributed by atoms with E-state index in [4.69, 9.17) is 9.47 Å². The van der Waals surface area contributed by atoms with Gasteiger partial charge in [-0.15, -0.1) is 0 Å². The molecule has 0 aliphatic carbocycles. The minimum absolute atomic E-state index is 0.127. The van der Waals surface area contributed by atoms with Crippen molar-refractivity contribution < 1.29 is 31.9 Å². The monoisotopic (exact) mass is 585 g/mol. The van der Waals surface area contributed by atoms with E-state index in [2.05, 4.69) is 5.32 Å². The maximum absolute atomic E-state index is 14.6. The summed E-state index contributed by atoms with van der Waals surface area (Å²) in [5.74, 6) is -1.11. The second kappa shape index (κ2) is 14.0. The summed E-state index contributed by atoms with van der Waals surface area (Å²) in [4.78, 5) is 27.9. The van der Waals surface area contributed by atoms with E-state index < -0.39 is 40.2 Å². The number of rotatable bonds is 13. The number of carbonyl (C=O) groups is 2. The highest BCUT2D eigenvalue weighted by molar-refractivity contribution is 7.92. The largest absolute Gasteiger partial charge is 0.493 e. The molecule has 0 bridgehead atoms. The van der Waals surface area contributed by atoms with Crippen molar-refractivity contribution in [1.82, 2.24) is 10.2 Å². The van der Waals surface area contributed by atoms with E-state index in [1.807, 2.05) is 13.8 Å². The van der Waals surface area contributed by atoms with Crippen LogP contribution in [-0.4, -0.2) is 58.5 Å². The molecule has 0 fully saturated rings. The van der Waals surface area contributed by atoms with Crippen molar-refractivity contribution in [2.24, 2.45) is 0 Å². The summed E-state index contributed by atoms with van der Waals surface area (Å²) in [6, 6.07) is 15.7. The van der Waals surface area contributed by atoms with Crippen molar-refractivity contribution in [2.75, 3.05) is 31.6 Å². The molecule has 9 nitrogen and oxygen atoms in total. The molecule has 0 radical (unpaired) electrons. The van der Waals surface area contributed by atoms with Crippen LogP contribution in [0.25, 0.3) is 0 Å². The average Bonchev–Trinajstić information content (AvgIpc) is 2.97. The van der Waals surface area contributed by atoms with Gasteiger partial charge in [-0.25, -0.2) is 12.8 Å². The molecule has 41 heavy (non-hydrogen) atoms. The Balaban J connectivity index is 2.07. The first-order valence-electron chi connectivity index (χ1n) is 13.2. The number of nitrogens with zero attached hydrogens (tertiary/aromatic N) is 2. The van der Waals surface area contributed by atoms with Gasteiger partial charge in [0, 0.05) is 24.7 Å². The molecule has 0 spiro atoms. The van der Waals surface area contributed by atoms with Gasteiger partial charge in [-0.2, -0.15) is 0 Å². The third kappa shape index (κ3) is 7.55. The number of hydrogen-bond acceptors (Lipinski definition) is 6. The molecule has 0 aliphatic heterocycles. The first-order chi connectivity index (χ1) is 19.5. The number of methoxy groups -OCH3 is 2. The minimum atomic E-state index is -4.32. The van der Waals surface area contributed by atoms with Crippen molar-refractivity contribution >= 4 is 27.5 Å². The Labute approximate surface area is 240 Å². The van der Waals surface area contributed by atoms with Gasteiger partial charge in [-0.1, -0.05) is 42.8 Å². The quantitative estimate of drug-likeness (QED) is 0.321. The SMILES string of the molecule is CCCNC(=O)C(C)N(Cc1ccccc1F)C(=O)CN(c1ccc(C)cc1)S(=O)(=O)c1ccc(OC)c(OC)c1. The van der Waals surface area contributed by atoms with Gasteiger partial charge >= 0.3 is 0 Å². The molecule has 0 heterocycles. The van der Waals surface area contributed by atoms with Gasteiger partial charge in [0.15, 0.2) is 11.5 Å². The Bertz CT molecular complexity index is 1460. The molecular weight excluding hydrogens is 549 g/mol.